The lowest BCUT2D eigenvalue weighted by atomic mass is 10.0. The molecule has 0 saturated heterocycles. The summed E-state index contributed by atoms with van der Waals surface area (Å²) in [6.07, 6.45) is 0. The molecule has 0 saturated carbocycles. The van der Waals surface area contributed by atoms with Gasteiger partial charge in [-0.2, -0.15) is 0 Å². The molecule has 0 radical (unpaired) electrons. The van der Waals surface area contributed by atoms with Crippen LogP contribution in [0.2, 0.25) is 0 Å². The summed E-state index contributed by atoms with van der Waals surface area (Å²) in [4.78, 5) is 29.0. The van der Waals surface area contributed by atoms with E-state index in [1.807, 2.05) is 103 Å². The van der Waals surface area contributed by atoms with Crippen LogP contribution >= 0.6 is 15.9 Å². The van der Waals surface area contributed by atoms with Crippen molar-refractivity contribution in [1.82, 2.24) is 4.90 Å². The van der Waals surface area contributed by atoms with Crippen molar-refractivity contribution in [2.75, 3.05) is 5.32 Å². The highest BCUT2D eigenvalue weighted by atomic mass is 79.9. The van der Waals surface area contributed by atoms with Gasteiger partial charge in [0.15, 0.2) is 0 Å². The van der Waals surface area contributed by atoms with Gasteiger partial charge in [-0.05, 0) is 47.5 Å². The van der Waals surface area contributed by atoms with Gasteiger partial charge in [0.1, 0.15) is 6.04 Å². The van der Waals surface area contributed by atoms with Crippen LogP contribution in [0.3, 0.4) is 0 Å². The van der Waals surface area contributed by atoms with E-state index >= 15 is 0 Å². The summed E-state index contributed by atoms with van der Waals surface area (Å²) in [5.74, 6) is -0.483. The SMILES string of the molecule is O=C(Nc1ccc(Br)cc1)[C@H](c1ccccc1)N(Cc1ccccc1)C(=O)c1ccccc1. The molecule has 4 nitrogen and oxygen atoms in total. The van der Waals surface area contributed by atoms with E-state index in [0.717, 1.165) is 15.6 Å². The van der Waals surface area contributed by atoms with Crippen molar-refractivity contribution < 1.29 is 9.59 Å². The minimum absolute atomic E-state index is 0.209. The highest BCUT2D eigenvalue weighted by Gasteiger charge is 2.32. The van der Waals surface area contributed by atoms with Crippen LogP contribution in [0.15, 0.2) is 120 Å². The van der Waals surface area contributed by atoms with Crippen molar-refractivity contribution in [3.8, 4) is 0 Å². The molecule has 33 heavy (non-hydrogen) atoms. The first kappa shape index (κ1) is 22.5. The topological polar surface area (TPSA) is 49.4 Å². The van der Waals surface area contributed by atoms with Crippen molar-refractivity contribution in [1.29, 1.82) is 0 Å². The minimum atomic E-state index is -0.817. The summed E-state index contributed by atoms with van der Waals surface area (Å²) >= 11 is 3.42. The molecule has 0 aromatic heterocycles. The number of anilines is 1. The number of rotatable bonds is 7. The molecule has 0 fully saturated rings. The van der Waals surface area contributed by atoms with E-state index in [2.05, 4.69) is 21.2 Å². The van der Waals surface area contributed by atoms with Crippen LogP contribution in [0.25, 0.3) is 0 Å². The van der Waals surface area contributed by atoms with Gasteiger partial charge in [0.2, 0.25) is 0 Å². The number of benzene rings is 4. The normalized spacial score (nSPS) is 11.4. The van der Waals surface area contributed by atoms with Gasteiger partial charge >= 0.3 is 0 Å². The third kappa shape index (κ3) is 5.76. The van der Waals surface area contributed by atoms with Gasteiger partial charge in [-0.1, -0.05) is 94.8 Å². The van der Waals surface area contributed by atoms with E-state index in [4.69, 9.17) is 0 Å². The molecule has 2 amide bonds. The fraction of sp³-hybridized carbons (Fsp3) is 0.0714. The number of hydrogen-bond donors (Lipinski definition) is 1. The summed E-state index contributed by atoms with van der Waals surface area (Å²) in [7, 11) is 0. The zero-order valence-corrected chi connectivity index (χ0v) is 19.5. The number of hydrogen-bond acceptors (Lipinski definition) is 2. The Morgan fingerprint density at radius 3 is 1.88 bits per heavy atom. The summed E-state index contributed by atoms with van der Waals surface area (Å²) in [6.45, 7) is 0.294. The van der Waals surface area contributed by atoms with Gasteiger partial charge in [0.05, 0.1) is 0 Å². The van der Waals surface area contributed by atoms with Gasteiger partial charge in [-0.3, -0.25) is 9.59 Å². The molecule has 4 rings (SSSR count). The second kappa shape index (κ2) is 10.7. The number of halogens is 1. The Morgan fingerprint density at radius 1 is 0.727 bits per heavy atom. The lowest BCUT2D eigenvalue weighted by Crippen LogP contribution is -2.41. The standard InChI is InChI=1S/C28H23BrN2O2/c29-24-16-18-25(19-17-24)30-27(32)26(22-12-6-2-7-13-22)31(20-21-10-4-1-5-11-21)28(33)23-14-8-3-9-15-23/h1-19,26H,20H2,(H,30,32)/t26-/m0/s1. The molecule has 0 unspecified atom stereocenters. The predicted molar refractivity (Wildman–Crippen MR) is 135 cm³/mol. The van der Waals surface area contributed by atoms with Gasteiger partial charge < -0.3 is 10.2 Å². The Morgan fingerprint density at radius 2 is 1.27 bits per heavy atom. The van der Waals surface area contributed by atoms with Gasteiger partial charge in [-0.15, -0.1) is 0 Å². The van der Waals surface area contributed by atoms with Crippen molar-refractivity contribution in [3.05, 3.63) is 136 Å². The van der Waals surface area contributed by atoms with Crippen LogP contribution in [0.1, 0.15) is 27.5 Å². The van der Waals surface area contributed by atoms with Crippen LogP contribution in [-0.2, 0) is 11.3 Å². The monoisotopic (exact) mass is 498 g/mol. The zero-order chi connectivity index (χ0) is 23.0. The zero-order valence-electron chi connectivity index (χ0n) is 17.9. The molecule has 0 aliphatic carbocycles. The lowest BCUT2D eigenvalue weighted by molar-refractivity contribution is -0.121. The smallest absolute Gasteiger partial charge is 0.255 e. The van der Waals surface area contributed by atoms with Gasteiger partial charge in [0.25, 0.3) is 11.8 Å². The van der Waals surface area contributed by atoms with Crippen molar-refractivity contribution >= 4 is 33.4 Å². The van der Waals surface area contributed by atoms with Crippen molar-refractivity contribution in [2.24, 2.45) is 0 Å². The number of nitrogens with one attached hydrogen (secondary N) is 1. The van der Waals surface area contributed by atoms with Crippen LogP contribution in [0, 0.1) is 0 Å². The molecule has 4 aromatic carbocycles. The quantitative estimate of drug-likeness (QED) is 0.317. The maximum absolute atomic E-state index is 13.7. The largest absolute Gasteiger partial charge is 0.324 e. The molecule has 1 N–H and O–H groups in total. The molecule has 0 aliphatic rings. The number of carbonyl (C=O) groups excluding carboxylic acids is 2. The Hall–Kier alpha value is -3.70. The third-order valence-corrected chi connectivity index (χ3v) is 5.79. The van der Waals surface area contributed by atoms with E-state index in [9.17, 15) is 9.59 Å². The van der Waals surface area contributed by atoms with Gasteiger partial charge in [-0.25, -0.2) is 0 Å². The molecular formula is C28H23BrN2O2. The van der Waals surface area contributed by atoms with Crippen LogP contribution in [-0.4, -0.2) is 16.7 Å². The second-order valence-corrected chi connectivity index (χ2v) is 8.51. The fourth-order valence-corrected chi connectivity index (χ4v) is 3.92. The molecule has 1 atom stereocenters. The molecular weight excluding hydrogens is 476 g/mol. The average molecular weight is 499 g/mol. The highest BCUT2D eigenvalue weighted by Crippen LogP contribution is 2.27. The van der Waals surface area contributed by atoms with Gasteiger partial charge in [0, 0.05) is 22.3 Å². The fourth-order valence-electron chi connectivity index (χ4n) is 3.66. The Bertz CT molecular complexity index is 1200. The Kier molecular flexibility index (Phi) is 7.33. The summed E-state index contributed by atoms with van der Waals surface area (Å²) in [5, 5.41) is 2.99. The second-order valence-electron chi connectivity index (χ2n) is 7.59. The molecule has 0 spiro atoms. The Labute approximate surface area is 202 Å². The molecule has 5 heteroatoms. The van der Waals surface area contributed by atoms with Crippen molar-refractivity contribution in [2.45, 2.75) is 12.6 Å². The Balaban J connectivity index is 1.75. The number of nitrogens with zero attached hydrogens (tertiary/aromatic N) is 1. The van der Waals surface area contributed by atoms with E-state index < -0.39 is 6.04 Å². The maximum atomic E-state index is 13.7. The average Bonchev–Trinajstić information content (AvgIpc) is 2.86. The predicted octanol–water partition coefficient (Wildman–Crippen LogP) is 6.47. The van der Waals surface area contributed by atoms with E-state index in [0.29, 0.717) is 17.8 Å². The summed E-state index contributed by atoms with van der Waals surface area (Å²) < 4.78 is 0.921. The number of amides is 2. The van der Waals surface area contributed by atoms with E-state index in [1.165, 1.54) is 0 Å². The van der Waals surface area contributed by atoms with E-state index in [1.54, 1.807) is 17.0 Å². The maximum Gasteiger partial charge on any atom is 0.255 e. The third-order valence-electron chi connectivity index (χ3n) is 5.26. The lowest BCUT2D eigenvalue weighted by Gasteiger charge is -2.31. The highest BCUT2D eigenvalue weighted by molar-refractivity contribution is 9.10. The van der Waals surface area contributed by atoms with Crippen LogP contribution < -0.4 is 5.32 Å². The molecule has 0 heterocycles. The summed E-state index contributed by atoms with van der Waals surface area (Å²) in [6, 6.07) is 34.7. The van der Waals surface area contributed by atoms with Crippen LogP contribution in [0.4, 0.5) is 5.69 Å². The van der Waals surface area contributed by atoms with E-state index in [-0.39, 0.29) is 11.8 Å². The first-order chi connectivity index (χ1) is 16.1. The summed E-state index contributed by atoms with van der Waals surface area (Å²) in [5.41, 5.74) is 2.88. The molecule has 0 aliphatic heterocycles. The van der Waals surface area contributed by atoms with Crippen LogP contribution in [0.5, 0.6) is 0 Å². The number of carbonyl (C=O) groups is 2. The first-order valence-electron chi connectivity index (χ1n) is 10.6. The molecule has 4 aromatic rings. The minimum Gasteiger partial charge on any atom is -0.324 e. The van der Waals surface area contributed by atoms with Crippen molar-refractivity contribution in [3.63, 3.8) is 0 Å². The molecule has 164 valence electrons. The first-order valence-corrected chi connectivity index (χ1v) is 11.4. The molecule has 0 bridgehead atoms.